The van der Waals surface area contributed by atoms with Crippen molar-refractivity contribution in [2.75, 3.05) is 38.6 Å². The van der Waals surface area contributed by atoms with Gasteiger partial charge in [-0.25, -0.2) is 4.98 Å². The zero-order chi connectivity index (χ0) is 13.2. The van der Waals surface area contributed by atoms with E-state index in [9.17, 15) is 0 Å². The summed E-state index contributed by atoms with van der Waals surface area (Å²) in [7, 11) is 1.65. The summed E-state index contributed by atoms with van der Waals surface area (Å²) in [4.78, 5) is 6.86. The van der Waals surface area contributed by atoms with E-state index in [0.29, 0.717) is 18.8 Å². The lowest BCUT2D eigenvalue weighted by Gasteiger charge is -2.32. The van der Waals surface area contributed by atoms with Crippen LogP contribution in [0.3, 0.4) is 0 Å². The highest BCUT2D eigenvalue weighted by atomic mass is 16.7. The van der Waals surface area contributed by atoms with Gasteiger partial charge in [0, 0.05) is 25.8 Å². The summed E-state index contributed by atoms with van der Waals surface area (Å²) in [6.45, 7) is 4.91. The quantitative estimate of drug-likeness (QED) is 0.610. The molecular weight excluding hydrogens is 244 g/mol. The number of rotatable bonds is 4. The summed E-state index contributed by atoms with van der Waals surface area (Å²) in [5, 5.41) is 0. The van der Waals surface area contributed by atoms with Crippen LogP contribution < -0.4 is 9.64 Å². The van der Waals surface area contributed by atoms with Gasteiger partial charge < -0.3 is 19.1 Å². The molecule has 3 heterocycles. The highest BCUT2D eigenvalue weighted by Gasteiger charge is 2.38. The SMILES string of the molecule is COCOC[C@H]1C[C@H]2COc3c(C)ccnc3N2C1. The lowest BCUT2D eigenvalue weighted by molar-refractivity contribution is -0.0414. The molecule has 0 amide bonds. The maximum Gasteiger partial charge on any atom is 0.172 e. The number of nitrogens with zero attached hydrogens (tertiary/aromatic N) is 2. The number of hydrogen-bond donors (Lipinski definition) is 0. The molecule has 1 saturated heterocycles. The molecule has 1 aromatic heterocycles. The maximum absolute atomic E-state index is 5.87. The fraction of sp³-hybridized carbons (Fsp3) is 0.643. The molecule has 5 heteroatoms. The molecule has 2 aliphatic heterocycles. The van der Waals surface area contributed by atoms with Crippen molar-refractivity contribution in [3.05, 3.63) is 17.8 Å². The summed E-state index contributed by atoms with van der Waals surface area (Å²) in [5.74, 6) is 2.46. The number of ether oxygens (including phenoxy) is 3. The van der Waals surface area contributed by atoms with Gasteiger partial charge in [-0.2, -0.15) is 0 Å². The molecule has 2 aliphatic rings. The summed E-state index contributed by atoms with van der Waals surface area (Å²) in [6.07, 6.45) is 2.95. The zero-order valence-electron chi connectivity index (χ0n) is 11.5. The Morgan fingerprint density at radius 3 is 3.26 bits per heavy atom. The van der Waals surface area contributed by atoms with E-state index < -0.39 is 0 Å². The Bertz CT molecular complexity index is 452. The minimum atomic E-state index is 0.367. The van der Waals surface area contributed by atoms with Gasteiger partial charge in [0.2, 0.25) is 0 Å². The van der Waals surface area contributed by atoms with E-state index in [1.807, 2.05) is 12.3 Å². The van der Waals surface area contributed by atoms with Crippen molar-refractivity contribution < 1.29 is 14.2 Å². The van der Waals surface area contributed by atoms with E-state index in [4.69, 9.17) is 14.2 Å². The van der Waals surface area contributed by atoms with Crippen molar-refractivity contribution in [2.24, 2.45) is 5.92 Å². The lowest BCUT2D eigenvalue weighted by Crippen LogP contribution is -2.39. The van der Waals surface area contributed by atoms with Gasteiger partial charge in [0.05, 0.1) is 12.6 Å². The van der Waals surface area contributed by atoms with Crippen molar-refractivity contribution in [2.45, 2.75) is 19.4 Å². The van der Waals surface area contributed by atoms with Crippen LogP contribution in [0.15, 0.2) is 12.3 Å². The summed E-state index contributed by atoms with van der Waals surface area (Å²) < 4.78 is 16.3. The number of anilines is 1. The maximum atomic E-state index is 5.87. The molecule has 5 nitrogen and oxygen atoms in total. The predicted molar refractivity (Wildman–Crippen MR) is 71.5 cm³/mol. The molecule has 0 spiro atoms. The smallest absolute Gasteiger partial charge is 0.172 e. The highest BCUT2D eigenvalue weighted by molar-refractivity contribution is 5.59. The molecular formula is C14H20N2O3. The minimum absolute atomic E-state index is 0.367. The predicted octanol–water partition coefficient (Wildman–Crippen LogP) is 1.60. The monoisotopic (exact) mass is 264 g/mol. The third kappa shape index (κ3) is 2.40. The Balaban J connectivity index is 1.71. The molecule has 1 fully saturated rings. The standard InChI is InChI=1S/C14H20N2O3/c1-10-3-4-15-14-13(10)19-8-12-5-11(6-16(12)14)7-18-9-17-2/h3-4,11-12H,5-9H2,1-2H3/t11-,12-/m0/s1. The molecule has 0 unspecified atom stereocenters. The first-order valence-electron chi connectivity index (χ1n) is 6.71. The number of hydrogen-bond acceptors (Lipinski definition) is 5. The van der Waals surface area contributed by atoms with Crippen LogP contribution in [-0.4, -0.2) is 44.7 Å². The van der Waals surface area contributed by atoms with Crippen LogP contribution in [0.1, 0.15) is 12.0 Å². The first-order valence-corrected chi connectivity index (χ1v) is 6.71. The van der Waals surface area contributed by atoms with Gasteiger partial charge in [0.15, 0.2) is 11.6 Å². The van der Waals surface area contributed by atoms with Gasteiger partial charge in [-0.1, -0.05) is 0 Å². The Morgan fingerprint density at radius 1 is 1.53 bits per heavy atom. The average Bonchev–Trinajstić information content (AvgIpc) is 2.82. The Kier molecular flexibility index (Phi) is 3.57. The van der Waals surface area contributed by atoms with E-state index in [-0.39, 0.29) is 0 Å². The molecule has 19 heavy (non-hydrogen) atoms. The van der Waals surface area contributed by atoms with Crippen molar-refractivity contribution in [1.82, 2.24) is 4.98 Å². The van der Waals surface area contributed by atoms with Crippen molar-refractivity contribution >= 4 is 5.82 Å². The normalized spacial score (nSPS) is 24.8. The second-order valence-corrected chi connectivity index (χ2v) is 5.28. The van der Waals surface area contributed by atoms with Crippen LogP contribution in [0.4, 0.5) is 5.82 Å². The molecule has 0 radical (unpaired) electrons. The van der Waals surface area contributed by atoms with E-state index in [0.717, 1.165) is 43.3 Å². The zero-order valence-corrected chi connectivity index (χ0v) is 11.5. The van der Waals surface area contributed by atoms with Gasteiger partial charge in [-0.05, 0) is 25.0 Å². The second-order valence-electron chi connectivity index (χ2n) is 5.28. The minimum Gasteiger partial charge on any atom is -0.487 e. The van der Waals surface area contributed by atoms with Gasteiger partial charge in [-0.15, -0.1) is 0 Å². The lowest BCUT2D eigenvalue weighted by atomic mass is 10.1. The summed E-state index contributed by atoms with van der Waals surface area (Å²) in [6, 6.07) is 2.42. The Hall–Kier alpha value is -1.33. The van der Waals surface area contributed by atoms with E-state index >= 15 is 0 Å². The molecule has 1 aromatic rings. The molecule has 0 aliphatic carbocycles. The molecule has 0 N–H and O–H groups in total. The Morgan fingerprint density at radius 2 is 2.42 bits per heavy atom. The first kappa shape index (κ1) is 12.7. The second kappa shape index (κ2) is 5.35. The number of aryl methyl sites for hydroxylation is 1. The van der Waals surface area contributed by atoms with Crippen LogP contribution in [0, 0.1) is 12.8 Å². The van der Waals surface area contributed by atoms with E-state index in [1.165, 1.54) is 0 Å². The molecule has 0 bridgehead atoms. The molecule has 0 aromatic carbocycles. The van der Waals surface area contributed by atoms with Crippen molar-refractivity contribution in [3.63, 3.8) is 0 Å². The fourth-order valence-corrected chi connectivity index (χ4v) is 2.94. The van der Waals surface area contributed by atoms with Crippen molar-refractivity contribution in [3.8, 4) is 5.75 Å². The van der Waals surface area contributed by atoms with Gasteiger partial charge >= 0.3 is 0 Å². The van der Waals surface area contributed by atoms with Crippen LogP contribution in [0.5, 0.6) is 5.75 Å². The number of pyridine rings is 1. The number of aromatic nitrogens is 1. The highest BCUT2D eigenvalue weighted by Crippen LogP contribution is 2.39. The van der Waals surface area contributed by atoms with Crippen LogP contribution in [-0.2, 0) is 9.47 Å². The third-order valence-corrected chi connectivity index (χ3v) is 3.83. The molecule has 2 atom stereocenters. The third-order valence-electron chi connectivity index (χ3n) is 3.83. The topological polar surface area (TPSA) is 43.8 Å². The van der Waals surface area contributed by atoms with E-state index in [2.05, 4.69) is 16.8 Å². The Labute approximate surface area is 113 Å². The van der Waals surface area contributed by atoms with Crippen LogP contribution in [0.25, 0.3) is 0 Å². The van der Waals surface area contributed by atoms with Crippen LogP contribution in [0.2, 0.25) is 0 Å². The first-order chi connectivity index (χ1) is 9.29. The van der Waals surface area contributed by atoms with E-state index in [1.54, 1.807) is 7.11 Å². The number of fused-ring (bicyclic) bond motifs is 3. The number of methoxy groups -OCH3 is 1. The fourth-order valence-electron chi connectivity index (χ4n) is 2.94. The molecule has 104 valence electrons. The van der Waals surface area contributed by atoms with Gasteiger partial charge in [0.1, 0.15) is 13.4 Å². The van der Waals surface area contributed by atoms with Crippen LogP contribution >= 0.6 is 0 Å². The summed E-state index contributed by atoms with van der Waals surface area (Å²) in [5.41, 5.74) is 1.16. The molecule has 0 saturated carbocycles. The van der Waals surface area contributed by atoms with Gasteiger partial charge in [-0.3, -0.25) is 0 Å². The summed E-state index contributed by atoms with van der Waals surface area (Å²) >= 11 is 0. The average molecular weight is 264 g/mol. The van der Waals surface area contributed by atoms with Gasteiger partial charge in [0.25, 0.3) is 0 Å². The van der Waals surface area contributed by atoms with Crippen molar-refractivity contribution in [1.29, 1.82) is 0 Å². The largest absolute Gasteiger partial charge is 0.487 e. The molecule has 3 rings (SSSR count).